The Kier molecular flexibility index (Phi) is 7.03. The van der Waals surface area contributed by atoms with Crippen LogP contribution in [0.5, 0.6) is 5.75 Å². The lowest BCUT2D eigenvalue weighted by Crippen LogP contribution is -2.30. The van der Waals surface area contributed by atoms with Gasteiger partial charge in [-0.3, -0.25) is 5.32 Å². The number of hydrogen-bond donors (Lipinski definition) is 1. The molecule has 0 unspecified atom stereocenters. The van der Waals surface area contributed by atoms with Gasteiger partial charge in [0.15, 0.2) is 9.84 Å². The van der Waals surface area contributed by atoms with Gasteiger partial charge in [0.25, 0.3) is 0 Å². The second kappa shape index (κ2) is 10.0. The van der Waals surface area contributed by atoms with Gasteiger partial charge in [-0.05, 0) is 63.4 Å². The SMILES string of the molecule is CCn1c(-c2ccc(NC(=O)OC(C)C)cc2)c(C#N)c2ccc(OC3CCS(=O)(=O)CC3)cc21. The standard InChI is InChI=1S/C26H29N3O5S/c1-4-29-24-15-21(34-20-11-13-35(31,32)14-12-20)9-10-22(24)23(16-27)25(29)18-5-7-19(8-6-18)28-26(30)33-17(2)3/h5-10,15,17,20H,4,11-14H2,1-3H3,(H,28,30). The Morgan fingerprint density at radius 3 is 2.46 bits per heavy atom. The Hall–Kier alpha value is -3.51. The number of benzene rings is 2. The van der Waals surface area contributed by atoms with Gasteiger partial charge in [-0.15, -0.1) is 0 Å². The summed E-state index contributed by atoms with van der Waals surface area (Å²) in [6, 6.07) is 15.3. The molecule has 1 aromatic heterocycles. The first-order chi connectivity index (χ1) is 16.7. The van der Waals surface area contributed by atoms with E-state index in [1.807, 2.05) is 37.3 Å². The summed E-state index contributed by atoms with van der Waals surface area (Å²) in [4.78, 5) is 11.9. The summed E-state index contributed by atoms with van der Waals surface area (Å²) < 4.78 is 36.7. The number of sulfone groups is 1. The zero-order chi connectivity index (χ0) is 25.2. The van der Waals surface area contributed by atoms with E-state index in [1.165, 1.54) is 0 Å². The van der Waals surface area contributed by atoms with Crippen molar-refractivity contribution in [3.63, 3.8) is 0 Å². The van der Waals surface area contributed by atoms with Crippen molar-refractivity contribution in [1.82, 2.24) is 4.57 Å². The molecule has 9 heteroatoms. The molecule has 0 atom stereocenters. The average Bonchev–Trinajstić information content (AvgIpc) is 3.13. The van der Waals surface area contributed by atoms with Crippen LogP contribution in [0.1, 0.15) is 39.2 Å². The average molecular weight is 496 g/mol. The number of rotatable bonds is 6. The van der Waals surface area contributed by atoms with Gasteiger partial charge < -0.3 is 14.0 Å². The number of nitrogens with zero attached hydrogens (tertiary/aromatic N) is 2. The fourth-order valence-electron chi connectivity index (χ4n) is 4.40. The van der Waals surface area contributed by atoms with Crippen molar-refractivity contribution in [2.24, 2.45) is 0 Å². The normalized spacial score (nSPS) is 15.6. The third-order valence-electron chi connectivity index (χ3n) is 6.02. The van der Waals surface area contributed by atoms with Crippen molar-refractivity contribution in [2.75, 3.05) is 16.8 Å². The van der Waals surface area contributed by atoms with Crippen LogP contribution >= 0.6 is 0 Å². The van der Waals surface area contributed by atoms with Gasteiger partial charge >= 0.3 is 6.09 Å². The number of ether oxygens (including phenoxy) is 2. The molecule has 35 heavy (non-hydrogen) atoms. The Morgan fingerprint density at radius 2 is 1.86 bits per heavy atom. The Morgan fingerprint density at radius 1 is 1.17 bits per heavy atom. The lowest BCUT2D eigenvalue weighted by Gasteiger charge is -2.23. The predicted octanol–water partition coefficient (Wildman–Crippen LogP) is 5.11. The summed E-state index contributed by atoms with van der Waals surface area (Å²) in [5.41, 5.74) is 3.69. The van der Waals surface area contributed by atoms with Crippen LogP contribution < -0.4 is 10.1 Å². The number of nitriles is 1. The van der Waals surface area contributed by atoms with Crippen LogP contribution in [0, 0.1) is 11.3 Å². The van der Waals surface area contributed by atoms with E-state index in [0.29, 0.717) is 36.4 Å². The van der Waals surface area contributed by atoms with Crippen molar-refractivity contribution in [1.29, 1.82) is 5.26 Å². The van der Waals surface area contributed by atoms with Crippen molar-refractivity contribution >= 4 is 32.5 Å². The highest BCUT2D eigenvalue weighted by atomic mass is 32.2. The Bertz CT molecular complexity index is 1370. The molecule has 0 saturated carbocycles. The molecule has 0 bridgehead atoms. The molecule has 0 spiro atoms. The summed E-state index contributed by atoms with van der Waals surface area (Å²) in [5, 5.41) is 13.5. The van der Waals surface area contributed by atoms with Crippen molar-refractivity contribution in [2.45, 2.75) is 52.4 Å². The van der Waals surface area contributed by atoms with Crippen molar-refractivity contribution in [3.8, 4) is 23.1 Å². The molecule has 4 rings (SSSR count). The number of carbonyl (C=O) groups excluding carboxylic acids is 1. The number of aromatic nitrogens is 1. The van der Waals surface area contributed by atoms with E-state index < -0.39 is 15.9 Å². The fourth-order valence-corrected chi connectivity index (χ4v) is 5.84. The smallest absolute Gasteiger partial charge is 0.411 e. The zero-order valence-electron chi connectivity index (χ0n) is 20.1. The van der Waals surface area contributed by atoms with Gasteiger partial charge in [-0.1, -0.05) is 12.1 Å². The largest absolute Gasteiger partial charge is 0.490 e. The zero-order valence-corrected chi connectivity index (χ0v) is 20.9. The van der Waals surface area contributed by atoms with Gasteiger partial charge in [0.2, 0.25) is 0 Å². The molecule has 2 aromatic carbocycles. The van der Waals surface area contributed by atoms with Crippen LogP contribution in [0.4, 0.5) is 10.5 Å². The molecular weight excluding hydrogens is 466 g/mol. The summed E-state index contributed by atoms with van der Waals surface area (Å²) in [6.07, 6.45) is 0.0894. The lowest BCUT2D eigenvalue weighted by atomic mass is 10.1. The van der Waals surface area contributed by atoms with E-state index in [4.69, 9.17) is 9.47 Å². The molecule has 1 saturated heterocycles. The first-order valence-corrected chi connectivity index (χ1v) is 13.5. The lowest BCUT2D eigenvalue weighted by molar-refractivity contribution is 0.130. The molecule has 184 valence electrons. The number of amides is 1. The maximum absolute atomic E-state index is 11.9. The second-order valence-corrected chi connectivity index (χ2v) is 11.2. The summed E-state index contributed by atoms with van der Waals surface area (Å²) >= 11 is 0. The molecule has 1 N–H and O–H groups in total. The van der Waals surface area contributed by atoms with Crippen molar-refractivity contribution < 1.29 is 22.7 Å². The number of carbonyl (C=O) groups is 1. The first kappa shape index (κ1) is 24.6. The fraction of sp³-hybridized carbons (Fsp3) is 0.385. The third-order valence-corrected chi connectivity index (χ3v) is 7.73. The van der Waals surface area contributed by atoms with Crippen LogP contribution in [0.15, 0.2) is 42.5 Å². The highest BCUT2D eigenvalue weighted by molar-refractivity contribution is 7.91. The number of aryl methyl sites for hydroxylation is 1. The molecule has 3 aromatic rings. The molecular formula is C26H29N3O5S. The third kappa shape index (κ3) is 5.43. The molecule has 1 aliphatic rings. The second-order valence-electron chi connectivity index (χ2n) is 8.88. The van der Waals surface area contributed by atoms with Crippen LogP contribution in [0.3, 0.4) is 0 Å². The van der Waals surface area contributed by atoms with Gasteiger partial charge in [-0.2, -0.15) is 5.26 Å². The van der Waals surface area contributed by atoms with Crippen LogP contribution in [0.25, 0.3) is 22.2 Å². The molecule has 8 nitrogen and oxygen atoms in total. The number of anilines is 1. The molecule has 0 radical (unpaired) electrons. The summed E-state index contributed by atoms with van der Waals surface area (Å²) in [7, 11) is -2.96. The van der Waals surface area contributed by atoms with Gasteiger partial charge in [0, 0.05) is 23.7 Å². The van der Waals surface area contributed by atoms with E-state index in [1.54, 1.807) is 26.0 Å². The van der Waals surface area contributed by atoms with Crippen LogP contribution in [0.2, 0.25) is 0 Å². The first-order valence-electron chi connectivity index (χ1n) is 11.7. The molecule has 0 aliphatic carbocycles. The number of hydrogen-bond acceptors (Lipinski definition) is 6. The minimum Gasteiger partial charge on any atom is -0.490 e. The van der Waals surface area contributed by atoms with Gasteiger partial charge in [-0.25, -0.2) is 13.2 Å². The molecule has 1 fully saturated rings. The van der Waals surface area contributed by atoms with Crippen LogP contribution in [-0.4, -0.2) is 42.8 Å². The van der Waals surface area contributed by atoms with Gasteiger partial charge in [0.1, 0.15) is 17.9 Å². The van der Waals surface area contributed by atoms with E-state index in [2.05, 4.69) is 16.0 Å². The minimum absolute atomic E-state index is 0.140. The topological polar surface area (TPSA) is 110 Å². The quantitative estimate of drug-likeness (QED) is 0.509. The monoisotopic (exact) mass is 495 g/mol. The number of fused-ring (bicyclic) bond motifs is 1. The summed E-state index contributed by atoms with van der Waals surface area (Å²) in [5.74, 6) is 0.954. The summed E-state index contributed by atoms with van der Waals surface area (Å²) in [6.45, 7) is 6.22. The highest BCUT2D eigenvalue weighted by Gasteiger charge is 2.25. The minimum atomic E-state index is -2.96. The highest BCUT2D eigenvalue weighted by Crippen LogP contribution is 2.36. The Labute approximate surface area is 205 Å². The molecule has 2 heterocycles. The van der Waals surface area contributed by atoms with E-state index in [-0.39, 0.29) is 23.7 Å². The van der Waals surface area contributed by atoms with Crippen molar-refractivity contribution in [3.05, 3.63) is 48.0 Å². The maximum Gasteiger partial charge on any atom is 0.411 e. The van der Waals surface area contributed by atoms with E-state index in [0.717, 1.165) is 22.2 Å². The Balaban J connectivity index is 1.64. The van der Waals surface area contributed by atoms with Crippen LogP contribution in [-0.2, 0) is 21.1 Å². The van der Waals surface area contributed by atoms with E-state index >= 15 is 0 Å². The van der Waals surface area contributed by atoms with Gasteiger partial charge in [0.05, 0.1) is 34.4 Å². The number of nitrogens with one attached hydrogen (secondary N) is 1. The molecule has 1 amide bonds. The maximum atomic E-state index is 11.9. The predicted molar refractivity (Wildman–Crippen MR) is 135 cm³/mol. The molecule has 1 aliphatic heterocycles. The van der Waals surface area contributed by atoms with E-state index in [9.17, 15) is 18.5 Å².